The molecule has 1 unspecified atom stereocenters. The van der Waals surface area contributed by atoms with Crippen molar-refractivity contribution in [3.63, 3.8) is 0 Å². The zero-order valence-electron chi connectivity index (χ0n) is 10.4. The van der Waals surface area contributed by atoms with Crippen molar-refractivity contribution in [1.29, 1.82) is 0 Å². The molecule has 2 rings (SSSR count). The van der Waals surface area contributed by atoms with E-state index in [0.717, 1.165) is 0 Å². The first-order valence-electron chi connectivity index (χ1n) is 5.85. The average Bonchev–Trinajstić information content (AvgIpc) is 2.73. The Morgan fingerprint density at radius 3 is 2.63 bits per heavy atom. The van der Waals surface area contributed by atoms with Gasteiger partial charge in [-0.15, -0.1) is 0 Å². The van der Waals surface area contributed by atoms with E-state index in [2.05, 4.69) is 15.9 Å². The van der Waals surface area contributed by atoms with Gasteiger partial charge in [0.15, 0.2) is 0 Å². The van der Waals surface area contributed by atoms with Gasteiger partial charge in [-0.05, 0) is 31.5 Å². The monoisotopic (exact) mass is 327 g/mol. The summed E-state index contributed by atoms with van der Waals surface area (Å²) in [4.78, 5) is 24.9. The van der Waals surface area contributed by atoms with Gasteiger partial charge >= 0.3 is 5.97 Å². The van der Waals surface area contributed by atoms with E-state index in [4.69, 9.17) is 5.11 Å². The fourth-order valence-corrected chi connectivity index (χ4v) is 2.51. The van der Waals surface area contributed by atoms with Crippen LogP contribution in [0.1, 0.15) is 23.7 Å². The quantitative estimate of drug-likeness (QED) is 0.871. The molecule has 0 spiro atoms. The highest BCUT2D eigenvalue weighted by Crippen LogP contribution is 2.32. The molecule has 19 heavy (non-hydrogen) atoms. The highest BCUT2D eigenvalue weighted by molar-refractivity contribution is 9.10. The molecule has 2 N–H and O–H groups in total. The van der Waals surface area contributed by atoms with Gasteiger partial charge in [-0.25, -0.2) is 0 Å². The number of amides is 1. The molecule has 1 aromatic rings. The molecule has 6 heteroatoms. The summed E-state index contributed by atoms with van der Waals surface area (Å²) in [6, 6.07) is 4.64. The van der Waals surface area contributed by atoms with Crippen LogP contribution < -0.4 is 0 Å². The van der Waals surface area contributed by atoms with Crippen molar-refractivity contribution in [2.75, 3.05) is 13.1 Å². The van der Waals surface area contributed by atoms with E-state index >= 15 is 0 Å². The maximum atomic E-state index is 12.2. The lowest BCUT2D eigenvalue weighted by atomic mass is 9.90. The molecule has 5 nitrogen and oxygen atoms in total. The number of benzene rings is 1. The molecule has 1 aliphatic heterocycles. The second-order valence-corrected chi connectivity index (χ2v) is 5.92. The van der Waals surface area contributed by atoms with Gasteiger partial charge in [0, 0.05) is 17.6 Å². The summed E-state index contributed by atoms with van der Waals surface area (Å²) in [6.07, 6.45) is 0.422. The average molecular weight is 328 g/mol. The molecule has 1 fully saturated rings. The number of hydrogen-bond acceptors (Lipinski definition) is 3. The highest BCUT2D eigenvalue weighted by atomic mass is 79.9. The van der Waals surface area contributed by atoms with Crippen molar-refractivity contribution in [3.05, 3.63) is 28.2 Å². The number of carbonyl (C=O) groups excluding carboxylic acids is 1. The Bertz CT molecular complexity index is 545. The van der Waals surface area contributed by atoms with Crippen LogP contribution in [0.25, 0.3) is 0 Å². The number of aromatic hydroxyl groups is 1. The third-order valence-electron chi connectivity index (χ3n) is 3.47. The van der Waals surface area contributed by atoms with Crippen LogP contribution in [0.4, 0.5) is 0 Å². The lowest BCUT2D eigenvalue weighted by molar-refractivity contribution is -0.147. The largest absolute Gasteiger partial charge is 0.507 e. The highest BCUT2D eigenvalue weighted by Gasteiger charge is 2.42. The molecule has 0 aromatic heterocycles. The maximum absolute atomic E-state index is 12.2. The summed E-state index contributed by atoms with van der Waals surface area (Å²) in [7, 11) is 0. The van der Waals surface area contributed by atoms with Crippen LogP contribution in [0, 0.1) is 5.41 Å². The maximum Gasteiger partial charge on any atom is 0.311 e. The zero-order valence-corrected chi connectivity index (χ0v) is 12.0. The Morgan fingerprint density at radius 1 is 1.42 bits per heavy atom. The number of halogens is 1. The van der Waals surface area contributed by atoms with Crippen molar-refractivity contribution >= 4 is 27.8 Å². The minimum absolute atomic E-state index is 0.108. The Hall–Kier alpha value is -1.56. The number of rotatable bonds is 2. The minimum Gasteiger partial charge on any atom is -0.507 e. The fraction of sp³-hybridized carbons (Fsp3) is 0.385. The number of carboxylic acids is 1. The van der Waals surface area contributed by atoms with Gasteiger partial charge in [0.2, 0.25) is 0 Å². The molecule has 0 bridgehead atoms. The number of likely N-dealkylation sites (tertiary alicyclic amines) is 1. The molecular formula is C13H14BrNO4. The predicted molar refractivity (Wildman–Crippen MR) is 72.1 cm³/mol. The van der Waals surface area contributed by atoms with E-state index in [1.807, 2.05) is 0 Å². The first-order chi connectivity index (χ1) is 8.83. The predicted octanol–water partition coefficient (Wildman–Crippen LogP) is 2.09. The summed E-state index contributed by atoms with van der Waals surface area (Å²) in [6.45, 7) is 2.18. The van der Waals surface area contributed by atoms with Crippen molar-refractivity contribution in [2.24, 2.45) is 5.41 Å². The zero-order chi connectivity index (χ0) is 14.2. The van der Waals surface area contributed by atoms with Gasteiger partial charge in [-0.2, -0.15) is 0 Å². The Balaban J connectivity index is 2.20. The molecule has 0 radical (unpaired) electrons. The molecule has 102 valence electrons. The fourth-order valence-electron chi connectivity index (χ4n) is 2.16. The molecule has 1 atom stereocenters. The lowest BCUT2D eigenvalue weighted by Gasteiger charge is -2.20. The molecule has 1 aliphatic rings. The smallest absolute Gasteiger partial charge is 0.311 e. The Labute approximate surface area is 119 Å². The third-order valence-corrected chi connectivity index (χ3v) is 3.96. The van der Waals surface area contributed by atoms with E-state index in [9.17, 15) is 14.7 Å². The number of phenols is 1. The van der Waals surface area contributed by atoms with Gasteiger partial charge in [0.25, 0.3) is 5.91 Å². The van der Waals surface area contributed by atoms with E-state index in [-0.39, 0.29) is 23.8 Å². The molecule has 1 heterocycles. The summed E-state index contributed by atoms with van der Waals surface area (Å²) in [5.74, 6) is -1.35. The molecule has 1 aromatic carbocycles. The first kappa shape index (κ1) is 13.9. The summed E-state index contributed by atoms with van der Waals surface area (Å²) in [5, 5.41) is 18.9. The Kier molecular flexibility index (Phi) is 3.54. The standard InChI is InChI=1S/C13H14BrNO4/c1-13(12(18)19)4-5-15(7-13)11(17)9-3-2-8(14)6-10(9)16/h2-3,6,16H,4-5,7H2,1H3,(H,18,19). The van der Waals surface area contributed by atoms with Crippen molar-refractivity contribution < 1.29 is 19.8 Å². The number of hydrogen-bond donors (Lipinski definition) is 2. The lowest BCUT2D eigenvalue weighted by Crippen LogP contribution is -2.34. The first-order valence-corrected chi connectivity index (χ1v) is 6.64. The molecule has 1 amide bonds. The van der Waals surface area contributed by atoms with Crippen LogP contribution in [-0.2, 0) is 4.79 Å². The van der Waals surface area contributed by atoms with Crippen LogP contribution >= 0.6 is 15.9 Å². The van der Waals surface area contributed by atoms with Gasteiger partial charge in [-0.3, -0.25) is 9.59 Å². The molecule has 0 aliphatic carbocycles. The van der Waals surface area contributed by atoms with Crippen LogP contribution in [0.2, 0.25) is 0 Å². The SMILES string of the molecule is CC1(C(=O)O)CCN(C(=O)c2ccc(Br)cc2O)C1. The van der Waals surface area contributed by atoms with E-state index in [1.165, 1.54) is 17.0 Å². The van der Waals surface area contributed by atoms with E-state index in [0.29, 0.717) is 17.4 Å². The summed E-state index contributed by atoms with van der Waals surface area (Å²) in [5.41, 5.74) is -0.710. The van der Waals surface area contributed by atoms with Crippen molar-refractivity contribution in [2.45, 2.75) is 13.3 Å². The van der Waals surface area contributed by atoms with E-state index < -0.39 is 11.4 Å². The molecule has 0 saturated carbocycles. The normalized spacial score (nSPS) is 22.5. The van der Waals surface area contributed by atoms with E-state index in [1.54, 1.807) is 13.0 Å². The number of nitrogens with zero attached hydrogens (tertiary/aromatic N) is 1. The number of carboxylic acid groups (broad SMARTS) is 1. The second-order valence-electron chi connectivity index (χ2n) is 5.00. The minimum atomic E-state index is -0.902. The van der Waals surface area contributed by atoms with Gasteiger partial charge < -0.3 is 15.1 Å². The van der Waals surface area contributed by atoms with Gasteiger partial charge in [0.1, 0.15) is 5.75 Å². The molecule has 1 saturated heterocycles. The third kappa shape index (κ3) is 2.58. The van der Waals surface area contributed by atoms with Crippen LogP contribution in [-0.4, -0.2) is 40.1 Å². The van der Waals surface area contributed by atoms with Crippen molar-refractivity contribution in [1.82, 2.24) is 4.90 Å². The molecular weight excluding hydrogens is 314 g/mol. The topological polar surface area (TPSA) is 77.8 Å². The van der Waals surface area contributed by atoms with Crippen LogP contribution in [0.15, 0.2) is 22.7 Å². The number of carbonyl (C=O) groups is 2. The summed E-state index contributed by atoms with van der Waals surface area (Å²) < 4.78 is 0.679. The van der Waals surface area contributed by atoms with Crippen LogP contribution in [0.5, 0.6) is 5.75 Å². The van der Waals surface area contributed by atoms with Crippen LogP contribution in [0.3, 0.4) is 0 Å². The number of phenolic OH excluding ortho intramolecular Hbond substituents is 1. The summed E-state index contributed by atoms with van der Waals surface area (Å²) >= 11 is 3.20. The number of aliphatic carboxylic acids is 1. The van der Waals surface area contributed by atoms with Crippen molar-refractivity contribution in [3.8, 4) is 5.75 Å². The van der Waals surface area contributed by atoms with Gasteiger partial charge in [0.05, 0.1) is 11.0 Å². The Morgan fingerprint density at radius 2 is 2.11 bits per heavy atom. The second kappa shape index (κ2) is 4.85. The van der Waals surface area contributed by atoms with Gasteiger partial charge in [-0.1, -0.05) is 15.9 Å².